The van der Waals surface area contributed by atoms with Crippen molar-refractivity contribution in [3.8, 4) is 0 Å². The number of alkyl halides is 1. The molecule has 0 atom stereocenters. The van der Waals surface area contributed by atoms with Gasteiger partial charge >= 0.3 is 89.0 Å². The molecule has 1 aliphatic heterocycles. The van der Waals surface area contributed by atoms with Gasteiger partial charge in [0.1, 0.15) is 0 Å². The Morgan fingerprint density at radius 3 is 2.33 bits per heavy atom. The van der Waals surface area contributed by atoms with Crippen molar-refractivity contribution >= 4 is 31.2 Å². The Bertz CT molecular complexity index is 100. The SMILES string of the molecule is ClCCCCC[Te+]1CCCCC1. The molecule has 0 N–H and O–H groups in total. The average Bonchev–Trinajstić information content (AvgIpc) is 2.14. The summed E-state index contributed by atoms with van der Waals surface area (Å²) in [4.78, 5) is 0. The van der Waals surface area contributed by atoms with Crippen molar-refractivity contribution in [2.75, 3.05) is 5.88 Å². The number of rotatable bonds is 5. The van der Waals surface area contributed by atoms with Gasteiger partial charge in [-0.25, -0.2) is 0 Å². The Morgan fingerprint density at radius 2 is 1.67 bits per heavy atom. The van der Waals surface area contributed by atoms with Gasteiger partial charge in [0.2, 0.25) is 0 Å². The van der Waals surface area contributed by atoms with Crippen molar-refractivity contribution in [1.29, 1.82) is 0 Å². The molecule has 0 aromatic carbocycles. The standard InChI is InChI=1S/C10H20ClTe/c11-7-3-1-4-8-12-9-5-2-6-10-12/h1-10H2/q+1. The molecule has 0 nitrogen and oxygen atoms in total. The molecule has 2 heteroatoms. The number of unbranched alkanes of at least 4 members (excludes halogenated alkanes) is 2. The van der Waals surface area contributed by atoms with Crippen LogP contribution in [0, 0.1) is 0 Å². The van der Waals surface area contributed by atoms with E-state index in [1.165, 1.54) is 25.7 Å². The first-order valence-corrected chi connectivity index (χ1v) is 10.6. The molecular weight excluding hydrogens is 283 g/mol. The summed E-state index contributed by atoms with van der Waals surface area (Å²) in [6, 6.07) is 0. The Balaban J connectivity index is 1.91. The fraction of sp³-hybridized carbons (Fsp3) is 1.00. The quantitative estimate of drug-likeness (QED) is 0.408. The summed E-state index contributed by atoms with van der Waals surface area (Å²) in [5, 5.41) is 0. The van der Waals surface area contributed by atoms with Crippen LogP contribution in [0.15, 0.2) is 0 Å². The summed E-state index contributed by atoms with van der Waals surface area (Å²) in [5.74, 6) is 0.871. The minimum absolute atomic E-state index is 0.498. The summed E-state index contributed by atoms with van der Waals surface area (Å²) in [7, 11) is 0. The van der Waals surface area contributed by atoms with E-state index in [0.717, 1.165) is 5.88 Å². The molecule has 0 aromatic heterocycles. The zero-order chi connectivity index (χ0) is 8.65. The van der Waals surface area contributed by atoms with Gasteiger partial charge in [-0.15, -0.1) is 0 Å². The first kappa shape index (κ1) is 11.2. The van der Waals surface area contributed by atoms with E-state index < -0.39 is 19.6 Å². The maximum absolute atomic E-state index is 5.64. The Labute approximate surface area is 88.7 Å². The molecular formula is C10H20ClTe+. The van der Waals surface area contributed by atoms with Crippen molar-refractivity contribution in [3.63, 3.8) is 0 Å². The van der Waals surface area contributed by atoms with Crippen molar-refractivity contribution < 1.29 is 0 Å². The van der Waals surface area contributed by atoms with Gasteiger partial charge in [-0.05, 0) is 0 Å². The second kappa shape index (κ2) is 7.48. The second-order valence-corrected chi connectivity index (χ2v) is 10.9. The van der Waals surface area contributed by atoms with Gasteiger partial charge in [-0.1, -0.05) is 0 Å². The van der Waals surface area contributed by atoms with Crippen LogP contribution in [0.25, 0.3) is 0 Å². The van der Waals surface area contributed by atoms with Crippen LogP contribution in [0.5, 0.6) is 0 Å². The minimum atomic E-state index is -0.498. The first-order valence-electron chi connectivity index (χ1n) is 5.13. The van der Waals surface area contributed by atoms with Crippen molar-refractivity contribution in [1.82, 2.24) is 0 Å². The number of hydrogen-bond donors (Lipinski definition) is 0. The zero-order valence-corrected chi connectivity index (χ0v) is 10.9. The summed E-state index contributed by atoms with van der Waals surface area (Å²) < 4.78 is 4.98. The number of hydrogen-bond acceptors (Lipinski definition) is 0. The molecule has 0 aromatic rings. The van der Waals surface area contributed by atoms with Crippen LogP contribution in [0.1, 0.15) is 38.5 Å². The Hall–Kier alpha value is 1.08. The molecule has 0 amide bonds. The molecule has 1 fully saturated rings. The van der Waals surface area contributed by atoms with Gasteiger partial charge in [-0.2, -0.15) is 0 Å². The molecule has 1 heterocycles. The summed E-state index contributed by atoms with van der Waals surface area (Å²) in [6.45, 7) is 0. The van der Waals surface area contributed by atoms with Gasteiger partial charge in [0, 0.05) is 0 Å². The molecule has 1 rings (SSSR count). The van der Waals surface area contributed by atoms with Crippen LogP contribution < -0.4 is 0 Å². The van der Waals surface area contributed by atoms with E-state index in [4.69, 9.17) is 11.6 Å². The van der Waals surface area contributed by atoms with Crippen LogP contribution in [-0.4, -0.2) is 25.4 Å². The second-order valence-electron chi connectivity index (χ2n) is 3.54. The van der Waals surface area contributed by atoms with Crippen molar-refractivity contribution in [3.05, 3.63) is 0 Å². The van der Waals surface area contributed by atoms with Gasteiger partial charge < -0.3 is 0 Å². The molecule has 12 heavy (non-hydrogen) atoms. The molecule has 1 aliphatic rings. The molecule has 0 unspecified atom stereocenters. The topological polar surface area (TPSA) is 0 Å². The van der Waals surface area contributed by atoms with Crippen molar-refractivity contribution in [2.45, 2.75) is 51.9 Å². The van der Waals surface area contributed by atoms with Gasteiger partial charge in [0.25, 0.3) is 0 Å². The van der Waals surface area contributed by atoms with E-state index >= 15 is 0 Å². The van der Waals surface area contributed by atoms with Crippen LogP contribution >= 0.6 is 11.6 Å². The van der Waals surface area contributed by atoms with E-state index in [9.17, 15) is 0 Å². The van der Waals surface area contributed by atoms with Crippen LogP contribution in [0.4, 0.5) is 0 Å². The summed E-state index contributed by atoms with van der Waals surface area (Å²) >= 11 is 5.14. The van der Waals surface area contributed by atoms with E-state index in [0.29, 0.717) is 0 Å². The van der Waals surface area contributed by atoms with Gasteiger partial charge in [-0.3, -0.25) is 0 Å². The number of halogens is 1. The van der Waals surface area contributed by atoms with Crippen molar-refractivity contribution in [2.24, 2.45) is 0 Å². The first-order chi connectivity index (χ1) is 5.93. The Morgan fingerprint density at radius 1 is 0.917 bits per heavy atom. The van der Waals surface area contributed by atoms with Crippen LogP contribution in [-0.2, 0) is 0 Å². The Kier molecular flexibility index (Phi) is 6.95. The third kappa shape index (κ3) is 4.95. The molecule has 0 saturated carbocycles. The monoisotopic (exact) mass is 305 g/mol. The molecule has 0 spiro atoms. The third-order valence-corrected chi connectivity index (χ3v) is 10.1. The third-order valence-electron chi connectivity index (χ3n) is 2.43. The average molecular weight is 303 g/mol. The predicted molar refractivity (Wildman–Crippen MR) is 58.6 cm³/mol. The van der Waals surface area contributed by atoms with E-state index in [2.05, 4.69) is 0 Å². The zero-order valence-electron chi connectivity index (χ0n) is 7.86. The fourth-order valence-corrected chi connectivity index (χ4v) is 8.85. The van der Waals surface area contributed by atoms with E-state index in [1.54, 1.807) is 26.2 Å². The van der Waals surface area contributed by atoms with Gasteiger partial charge in [0.15, 0.2) is 0 Å². The van der Waals surface area contributed by atoms with E-state index in [-0.39, 0.29) is 0 Å². The summed E-state index contributed by atoms with van der Waals surface area (Å²) in [5.41, 5.74) is 0. The molecule has 72 valence electrons. The summed E-state index contributed by atoms with van der Waals surface area (Å²) in [6.07, 6.45) is 8.77. The van der Waals surface area contributed by atoms with Crippen LogP contribution in [0.2, 0.25) is 13.4 Å². The van der Waals surface area contributed by atoms with E-state index in [1.807, 2.05) is 0 Å². The molecule has 0 radical (unpaired) electrons. The molecule has 0 aliphatic carbocycles. The molecule has 1 saturated heterocycles. The predicted octanol–water partition coefficient (Wildman–Crippen LogP) is 4.07. The van der Waals surface area contributed by atoms with Crippen LogP contribution in [0.3, 0.4) is 0 Å². The molecule has 0 bridgehead atoms. The maximum atomic E-state index is 5.64. The van der Waals surface area contributed by atoms with Gasteiger partial charge in [0.05, 0.1) is 0 Å². The normalized spacial score (nSPS) is 19.8. The fourth-order valence-electron chi connectivity index (χ4n) is 1.67.